The highest BCUT2D eigenvalue weighted by atomic mass is 16.4. The summed E-state index contributed by atoms with van der Waals surface area (Å²) in [4.78, 5) is 28.2. The Balaban J connectivity index is 1.47. The molecule has 2 amide bonds. The minimum Gasteiger partial charge on any atom is -0.419 e. The second-order valence-electron chi connectivity index (χ2n) is 6.24. The lowest BCUT2D eigenvalue weighted by atomic mass is 10.1. The zero-order chi connectivity index (χ0) is 18.8. The van der Waals surface area contributed by atoms with Crippen LogP contribution in [0.25, 0.3) is 11.5 Å². The van der Waals surface area contributed by atoms with Crippen LogP contribution in [0.3, 0.4) is 0 Å². The van der Waals surface area contributed by atoms with E-state index in [1.54, 1.807) is 24.3 Å². The first kappa shape index (κ1) is 17.1. The zero-order valence-corrected chi connectivity index (χ0v) is 14.8. The summed E-state index contributed by atoms with van der Waals surface area (Å²) in [5, 5.41) is 8.16. The lowest BCUT2D eigenvalue weighted by Gasteiger charge is -2.24. The maximum atomic E-state index is 12.5. The molecule has 0 N–H and O–H groups in total. The van der Waals surface area contributed by atoms with Crippen LogP contribution in [-0.2, 0) is 6.54 Å². The van der Waals surface area contributed by atoms with Gasteiger partial charge < -0.3 is 4.42 Å². The summed E-state index contributed by atoms with van der Waals surface area (Å²) < 4.78 is 5.73. The van der Waals surface area contributed by atoms with Crippen molar-refractivity contribution in [3.05, 3.63) is 71.6 Å². The molecule has 0 aliphatic carbocycles. The van der Waals surface area contributed by atoms with Crippen LogP contribution in [0.4, 0.5) is 0 Å². The minimum absolute atomic E-state index is 0.173. The van der Waals surface area contributed by atoms with E-state index in [1.807, 2.05) is 42.2 Å². The molecule has 2 heterocycles. The normalized spacial score (nSPS) is 13.5. The van der Waals surface area contributed by atoms with Crippen LogP contribution >= 0.6 is 0 Å². The Morgan fingerprint density at radius 3 is 2.19 bits per heavy atom. The molecule has 0 bridgehead atoms. The van der Waals surface area contributed by atoms with Crippen molar-refractivity contribution in [2.75, 3.05) is 13.2 Å². The van der Waals surface area contributed by atoms with Gasteiger partial charge in [-0.15, -0.1) is 10.2 Å². The number of rotatable bonds is 6. The number of amides is 2. The Hall–Kier alpha value is -3.32. The van der Waals surface area contributed by atoms with Gasteiger partial charge >= 0.3 is 0 Å². The fourth-order valence-corrected chi connectivity index (χ4v) is 3.04. The van der Waals surface area contributed by atoms with Crippen LogP contribution in [0.2, 0.25) is 0 Å². The smallest absolute Gasteiger partial charge is 0.262 e. The molecule has 0 fully saturated rings. The van der Waals surface area contributed by atoms with Crippen LogP contribution in [0.15, 0.2) is 59.0 Å². The van der Waals surface area contributed by atoms with Gasteiger partial charge in [0.2, 0.25) is 11.8 Å². The number of fused-ring (bicyclic) bond motifs is 1. The van der Waals surface area contributed by atoms with Gasteiger partial charge in [-0.1, -0.05) is 37.3 Å². The molecular weight excluding hydrogens is 344 g/mol. The Bertz CT molecular complexity index is 949. The number of carbonyl (C=O) groups excluding carboxylic acids is 2. The molecule has 2 aromatic carbocycles. The van der Waals surface area contributed by atoms with Gasteiger partial charge in [0.15, 0.2) is 0 Å². The van der Waals surface area contributed by atoms with E-state index in [2.05, 4.69) is 10.2 Å². The van der Waals surface area contributed by atoms with Gasteiger partial charge in [-0.3, -0.25) is 19.4 Å². The van der Waals surface area contributed by atoms with Crippen molar-refractivity contribution >= 4 is 11.8 Å². The molecule has 0 spiro atoms. The third-order valence-corrected chi connectivity index (χ3v) is 4.51. The summed E-state index contributed by atoms with van der Waals surface area (Å²) in [5.74, 6) is 0.337. The van der Waals surface area contributed by atoms with Gasteiger partial charge in [0.05, 0.1) is 24.3 Å². The summed E-state index contributed by atoms with van der Waals surface area (Å²) in [7, 11) is 0. The van der Waals surface area contributed by atoms with Gasteiger partial charge in [-0.2, -0.15) is 0 Å². The first-order valence-electron chi connectivity index (χ1n) is 8.72. The van der Waals surface area contributed by atoms with Crippen molar-refractivity contribution in [1.29, 1.82) is 0 Å². The Morgan fingerprint density at radius 1 is 0.926 bits per heavy atom. The van der Waals surface area contributed by atoms with Crippen LogP contribution in [0.5, 0.6) is 0 Å². The van der Waals surface area contributed by atoms with E-state index >= 15 is 0 Å². The summed E-state index contributed by atoms with van der Waals surface area (Å²) in [6, 6.07) is 16.4. The highest BCUT2D eigenvalue weighted by Gasteiger charge is 2.36. The second-order valence-corrected chi connectivity index (χ2v) is 6.24. The molecule has 0 atom stereocenters. The van der Waals surface area contributed by atoms with Gasteiger partial charge in [0.25, 0.3) is 11.8 Å². The highest BCUT2D eigenvalue weighted by Crippen LogP contribution is 2.23. The molecule has 1 aliphatic rings. The summed E-state index contributed by atoms with van der Waals surface area (Å²) in [5.41, 5.74) is 1.74. The minimum atomic E-state index is -0.274. The third kappa shape index (κ3) is 3.24. The fourth-order valence-electron chi connectivity index (χ4n) is 3.04. The monoisotopic (exact) mass is 362 g/mol. The van der Waals surface area contributed by atoms with Crippen LogP contribution < -0.4 is 0 Å². The molecule has 136 valence electrons. The molecule has 0 unspecified atom stereocenters. The van der Waals surface area contributed by atoms with Crippen LogP contribution in [-0.4, -0.2) is 45.0 Å². The number of imide groups is 1. The van der Waals surface area contributed by atoms with E-state index in [0.29, 0.717) is 36.0 Å². The molecule has 0 saturated heterocycles. The second kappa shape index (κ2) is 7.13. The largest absolute Gasteiger partial charge is 0.419 e. The van der Waals surface area contributed by atoms with E-state index < -0.39 is 0 Å². The number of nitrogens with zero attached hydrogens (tertiary/aromatic N) is 4. The molecule has 1 aromatic heterocycles. The Morgan fingerprint density at radius 2 is 1.56 bits per heavy atom. The molecule has 0 saturated carbocycles. The predicted octanol–water partition coefficient (Wildman–Crippen LogP) is 2.81. The molecule has 7 heteroatoms. The standard InChI is InChI=1S/C20H18N4O3/c1-2-23(12-17-21-22-18(27-17)14-8-4-3-5-9-14)13-24-19(25)15-10-6-7-11-16(15)20(24)26/h3-11H,2,12-13H2,1H3. The van der Waals surface area contributed by atoms with Crippen molar-refractivity contribution in [3.63, 3.8) is 0 Å². The number of aromatic nitrogens is 2. The van der Waals surface area contributed by atoms with Crippen molar-refractivity contribution in [3.8, 4) is 11.5 Å². The van der Waals surface area contributed by atoms with Crippen LogP contribution in [0, 0.1) is 0 Å². The molecule has 0 radical (unpaired) electrons. The van der Waals surface area contributed by atoms with Gasteiger partial charge in [0.1, 0.15) is 0 Å². The maximum Gasteiger partial charge on any atom is 0.262 e. The number of hydrogen-bond donors (Lipinski definition) is 0. The maximum absolute atomic E-state index is 12.5. The SMILES string of the molecule is CCN(Cc1nnc(-c2ccccc2)o1)CN1C(=O)c2ccccc2C1=O. The predicted molar refractivity (Wildman–Crippen MR) is 97.6 cm³/mol. The van der Waals surface area contributed by atoms with E-state index in [0.717, 1.165) is 5.56 Å². The molecule has 4 rings (SSSR count). The topological polar surface area (TPSA) is 79.5 Å². The van der Waals surface area contributed by atoms with E-state index in [-0.39, 0.29) is 18.5 Å². The number of benzene rings is 2. The van der Waals surface area contributed by atoms with E-state index in [9.17, 15) is 9.59 Å². The summed E-state index contributed by atoms with van der Waals surface area (Å²) in [6.45, 7) is 3.10. The number of hydrogen-bond acceptors (Lipinski definition) is 6. The highest BCUT2D eigenvalue weighted by molar-refractivity contribution is 6.21. The van der Waals surface area contributed by atoms with Gasteiger partial charge in [-0.05, 0) is 30.8 Å². The first-order valence-corrected chi connectivity index (χ1v) is 8.72. The molecule has 27 heavy (non-hydrogen) atoms. The lowest BCUT2D eigenvalue weighted by Crippen LogP contribution is -2.40. The summed E-state index contributed by atoms with van der Waals surface area (Å²) in [6.07, 6.45) is 0. The van der Waals surface area contributed by atoms with E-state index in [1.165, 1.54) is 4.90 Å². The zero-order valence-electron chi connectivity index (χ0n) is 14.8. The third-order valence-electron chi connectivity index (χ3n) is 4.51. The lowest BCUT2D eigenvalue weighted by molar-refractivity contribution is 0.0528. The number of carbonyl (C=O) groups is 2. The molecule has 3 aromatic rings. The van der Waals surface area contributed by atoms with Crippen molar-refractivity contribution in [2.45, 2.75) is 13.5 Å². The van der Waals surface area contributed by atoms with Crippen LogP contribution in [0.1, 0.15) is 33.5 Å². The van der Waals surface area contributed by atoms with Crippen molar-refractivity contribution < 1.29 is 14.0 Å². The molecule has 7 nitrogen and oxygen atoms in total. The van der Waals surface area contributed by atoms with Gasteiger partial charge in [0, 0.05) is 5.56 Å². The quantitative estimate of drug-likeness (QED) is 0.628. The van der Waals surface area contributed by atoms with E-state index in [4.69, 9.17) is 4.42 Å². The average Bonchev–Trinajstić information content (AvgIpc) is 3.27. The van der Waals surface area contributed by atoms with Crippen molar-refractivity contribution in [1.82, 2.24) is 20.0 Å². The Labute approximate surface area is 156 Å². The summed E-state index contributed by atoms with van der Waals surface area (Å²) >= 11 is 0. The van der Waals surface area contributed by atoms with Crippen molar-refractivity contribution in [2.24, 2.45) is 0 Å². The molecule has 1 aliphatic heterocycles. The Kier molecular flexibility index (Phi) is 4.52. The molecular formula is C20H18N4O3. The van der Waals surface area contributed by atoms with Gasteiger partial charge in [-0.25, -0.2) is 0 Å². The first-order chi connectivity index (χ1) is 13.2. The average molecular weight is 362 g/mol. The fraction of sp³-hybridized carbons (Fsp3) is 0.200.